The molecule has 1 aromatic carbocycles. The summed E-state index contributed by atoms with van der Waals surface area (Å²) in [5, 5.41) is 0. The Morgan fingerprint density at radius 2 is 1.71 bits per heavy atom. The zero-order chi connectivity index (χ0) is 17.3. The Balaban J connectivity index is 1.48. The SMILES string of the molecule is CC(=O)COCCCOCCCOc1ccc(C2(NN)CC2)cc1. The van der Waals surface area contributed by atoms with Crippen molar-refractivity contribution in [3.8, 4) is 5.75 Å². The maximum Gasteiger partial charge on any atom is 0.155 e. The molecule has 24 heavy (non-hydrogen) atoms. The Morgan fingerprint density at radius 1 is 1.08 bits per heavy atom. The average molecular weight is 336 g/mol. The van der Waals surface area contributed by atoms with Crippen LogP contribution in [-0.2, 0) is 19.8 Å². The van der Waals surface area contributed by atoms with Gasteiger partial charge in [0.2, 0.25) is 0 Å². The molecule has 0 bridgehead atoms. The van der Waals surface area contributed by atoms with Crippen LogP contribution in [0.4, 0.5) is 0 Å². The predicted octanol–water partition coefficient (Wildman–Crippen LogP) is 1.92. The second-order valence-corrected chi connectivity index (χ2v) is 6.17. The van der Waals surface area contributed by atoms with Crippen molar-refractivity contribution in [1.82, 2.24) is 5.43 Å². The third-order valence-electron chi connectivity index (χ3n) is 4.02. The fraction of sp³-hybridized carbons (Fsp3) is 0.611. The number of ketones is 1. The average Bonchev–Trinajstić information content (AvgIpc) is 3.38. The molecule has 1 aliphatic carbocycles. The summed E-state index contributed by atoms with van der Waals surface area (Å²) >= 11 is 0. The Hall–Kier alpha value is -1.47. The first-order valence-electron chi connectivity index (χ1n) is 8.52. The molecule has 1 aromatic rings. The monoisotopic (exact) mass is 336 g/mol. The van der Waals surface area contributed by atoms with Gasteiger partial charge in [0.25, 0.3) is 0 Å². The molecule has 134 valence electrons. The standard InChI is InChI=1S/C18H28N2O4/c1-15(21)14-23-12-2-10-22-11-3-13-24-17-6-4-16(5-7-17)18(20-19)8-9-18/h4-7,20H,2-3,8-14,19H2,1H3. The normalized spacial score (nSPS) is 15.2. The van der Waals surface area contributed by atoms with Gasteiger partial charge in [-0.2, -0.15) is 0 Å². The van der Waals surface area contributed by atoms with Crippen molar-refractivity contribution in [2.45, 2.75) is 38.1 Å². The summed E-state index contributed by atoms with van der Waals surface area (Å²) in [7, 11) is 0. The van der Waals surface area contributed by atoms with Crippen LogP contribution in [0.5, 0.6) is 5.75 Å². The Morgan fingerprint density at radius 3 is 2.29 bits per heavy atom. The molecule has 1 aliphatic rings. The van der Waals surface area contributed by atoms with E-state index in [0.717, 1.165) is 31.4 Å². The molecule has 0 saturated heterocycles. The fourth-order valence-electron chi connectivity index (χ4n) is 2.44. The predicted molar refractivity (Wildman–Crippen MR) is 91.7 cm³/mol. The van der Waals surface area contributed by atoms with Gasteiger partial charge in [0, 0.05) is 26.2 Å². The summed E-state index contributed by atoms with van der Waals surface area (Å²) in [5.74, 6) is 6.51. The number of hydrogen-bond donors (Lipinski definition) is 2. The summed E-state index contributed by atoms with van der Waals surface area (Å²) in [6, 6.07) is 8.11. The smallest absolute Gasteiger partial charge is 0.155 e. The van der Waals surface area contributed by atoms with Crippen molar-refractivity contribution in [3.05, 3.63) is 29.8 Å². The molecule has 0 aliphatic heterocycles. The molecule has 0 spiro atoms. The van der Waals surface area contributed by atoms with E-state index in [-0.39, 0.29) is 17.9 Å². The number of Topliss-reactive ketones (excluding diaryl/α,β-unsaturated/α-hetero) is 1. The molecule has 0 radical (unpaired) electrons. The minimum atomic E-state index is -0.0134. The topological polar surface area (TPSA) is 82.8 Å². The number of ether oxygens (including phenoxy) is 3. The van der Waals surface area contributed by atoms with E-state index in [4.69, 9.17) is 20.1 Å². The number of carbonyl (C=O) groups excluding carboxylic acids is 1. The van der Waals surface area contributed by atoms with E-state index in [9.17, 15) is 4.79 Å². The number of hydrazine groups is 1. The molecule has 0 atom stereocenters. The number of hydrogen-bond acceptors (Lipinski definition) is 6. The van der Waals surface area contributed by atoms with Crippen LogP contribution in [0.15, 0.2) is 24.3 Å². The van der Waals surface area contributed by atoms with E-state index in [1.54, 1.807) is 0 Å². The third-order valence-corrected chi connectivity index (χ3v) is 4.02. The largest absolute Gasteiger partial charge is 0.494 e. The van der Waals surface area contributed by atoms with E-state index >= 15 is 0 Å². The second kappa shape index (κ2) is 9.74. The Bertz CT molecular complexity index is 500. The summed E-state index contributed by atoms with van der Waals surface area (Å²) in [6.45, 7) is 4.19. The van der Waals surface area contributed by atoms with Crippen molar-refractivity contribution in [3.63, 3.8) is 0 Å². The van der Waals surface area contributed by atoms with Crippen molar-refractivity contribution < 1.29 is 19.0 Å². The van der Waals surface area contributed by atoms with Crippen LogP contribution in [0.1, 0.15) is 38.2 Å². The van der Waals surface area contributed by atoms with Gasteiger partial charge >= 0.3 is 0 Å². The number of nitrogens with one attached hydrogen (secondary N) is 1. The van der Waals surface area contributed by atoms with Crippen molar-refractivity contribution in [2.75, 3.05) is 33.0 Å². The molecule has 6 nitrogen and oxygen atoms in total. The van der Waals surface area contributed by atoms with Crippen LogP contribution < -0.4 is 16.0 Å². The Kier molecular flexibility index (Phi) is 7.65. The van der Waals surface area contributed by atoms with E-state index in [1.807, 2.05) is 12.1 Å². The molecule has 1 saturated carbocycles. The molecule has 2 rings (SSSR count). The molecule has 3 N–H and O–H groups in total. The van der Waals surface area contributed by atoms with Crippen molar-refractivity contribution in [2.24, 2.45) is 5.84 Å². The first-order valence-corrected chi connectivity index (χ1v) is 8.52. The zero-order valence-corrected chi connectivity index (χ0v) is 14.4. The molecule has 0 unspecified atom stereocenters. The molecular formula is C18H28N2O4. The number of rotatable bonds is 13. The molecule has 0 amide bonds. The molecular weight excluding hydrogens is 308 g/mol. The van der Waals surface area contributed by atoms with Gasteiger partial charge in [0.1, 0.15) is 12.4 Å². The number of carbonyl (C=O) groups is 1. The third kappa shape index (κ3) is 6.20. The quantitative estimate of drug-likeness (QED) is 0.325. The van der Waals surface area contributed by atoms with Gasteiger partial charge in [0.15, 0.2) is 5.78 Å². The lowest BCUT2D eigenvalue weighted by Gasteiger charge is -2.14. The highest BCUT2D eigenvalue weighted by Gasteiger charge is 2.43. The molecule has 0 heterocycles. The summed E-state index contributed by atoms with van der Waals surface area (Å²) in [5.41, 5.74) is 4.10. The van der Waals surface area contributed by atoms with Gasteiger partial charge in [-0.25, -0.2) is 5.43 Å². The van der Waals surface area contributed by atoms with Gasteiger partial charge in [0.05, 0.1) is 12.1 Å². The van der Waals surface area contributed by atoms with E-state index in [2.05, 4.69) is 17.6 Å². The Labute approximate surface area is 143 Å². The summed E-state index contributed by atoms with van der Waals surface area (Å²) in [4.78, 5) is 10.7. The highest BCUT2D eigenvalue weighted by Crippen LogP contribution is 2.44. The minimum absolute atomic E-state index is 0.0134. The van der Waals surface area contributed by atoms with Crippen LogP contribution >= 0.6 is 0 Å². The van der Waals surface area contributed by atoms with Gasteiger partial charge in [-0.1, -0.05) is 12.1 Å². The van der Waals surface area contributed by atoms with E-state index < -0.39 is 0 Å². The van der Waals surface area contributed by atoms with Crippen LogP contribution in [0.2, 0.25) is 0 Å². The summed E-state index contributed by atoms with van der Waals surface area (Å²) in [6.07, 6.45) is 3.80. The highest BCUT2D eigenvalue weighted by molar-refractivity contribution is 5.76. The lowest BCUT2D eigenvalue weighted by Crippen LogP contribution is -2.34. The lowest BCUT2D eigenvalue weighted by atomic mass is 10.1. The van der Waals surface area contributed by atoms with Crippen molar-refractivity contribution in [1.29, 1.82) is 0 Å². The van der Waals surface area contributed by atoms with Crippen LogP contribution in [0, 0.1) is 0 Å². The number of benzene rings is 1. The second-order valence-electron chi connectivity index (χ2n) is 6.17. The zero-order valence-electron chi connectivity index (χ0n) is 14.4. The van der Waals surface area contributed by atoms with Crippen LogP contribution in [-0.4, -0.2) is 38.8 Å². The number of nitrogens with two attached hydrogens (primary N) is 1. The fourth-order valence-corrected chi connectivity index (χ4v) is 2.44. The van der Waals surface area contributed by atoms with E-state index in [0.29, 0.717) is 26.4 Å². The van der Waals surface area contributed by atoms with Crippen LogP contribution in [0.3, 0.4) is 0 Å². The first kappa shape index (κ1) is 18.9. The van der Waals surface area contributed by atoms with Crippen molar-refractivity contribution >= 4 is 5.78 Å². The lowest BCUT2D eigenvalue weighted by molar-refractivity contribution is -0.121. The first-order chi connectivity index (χ1) is 11.7. The minimum Gasteiger partial charge on any atom is -0.494 e. The molecule has 1 fully saturated rings. The van der Waals surface area contributed by atoms with Crippen LogP contribution in [0.25, 0.3) is 0 Å². The maximum absolute atomic E-state index is 10.7. The van der Waals surface area contributed by atoms with Gasteiger partial charge in [-0.3, -0.25) is 10.6 Å². The molecule has 0 aromatic heterocycles. The maximum atomic E-state index is 10.7. The van der Waals surface area contributed by atoms with Gasteiger partial charge in [-0.05, 0) is 43.9 Å². The summed E-state index contributed by atoms with van der Waals surface area (Å²) < 4.78 is 16.4. The highest BCUT2D eigenvalue weighted by atomic mass is 16.5. The molecule has 6 heteroatoms. The van der Waals surface area contributed by atoms with Gasteiger partial charge in [-0.15, -0.1) is 0 Å². The van der Waals surface area contributed by atoms with Gasteiger partial charge < -0.3 is 14.2 Å². The van der Waals surface area contributed by atoms with E-state index in [1.165, 1.54) is 12.5 Å².